The van der Waals surface area contributed by atoms with Gasteiger partial charge in [-0.1, -0.05) is 53.5 Å². The molecule has 0 saturated carbocycles. The van der Waals surface area contributed by atoms with Crippen LogP contribution in [-0.4, -0.2) is 45.9 Å². The normalized spacial score (nSPS) is 11.3. The first-order chi connectivity index (χ1) is 16.2. The summed E-state index contributed by atoms with van der Waals surface area (Å²) in [5, 5.41) is 3.31. The summed E-state index contributed by atoms with van der Waals surface area (Å²) in [6.07, 6.45) is 0.415. The molecule has 3 rings (SSSR count). The minimum Gasteiger partial charge on any atom is -0.493 e. The van der Waals surface area contributed by atoms with Crippen LogP contribution in [0.4, 0.5) is 5.69 Å². The van der Waals surface area contributed by atoms with E-state index in [1.54, 1.807) is 12.1 Å². The molecule has 34 heavy (non-hydrogen) atoms. The quantitative estimate of drug-likeness (QED) is 0.410. The number of hydrogen-bond donors (Lipinski definition) is 1. The van der Waals surface area contributed by atoms with E-state index in [0.717, 1.165) is 9.87 Å². The van der Waals surface area contributed by atoms with Crippen LogP contribution in [0.1, 0.15) is 5.56 Å². The minimum atomic E-state index is -4.06. The standard InChI is InChI=1S/C24H24Cl2N2O5S/c1-32-22-11-9-19(15-23(22)33-2)34(30,31)28(13-12-17-6-4-3-5-7-17)16-24(29)27-21-14-18(25)8-10-20(21)26/h3-11,14-15H,12-13,16H2,1-2H3,(H,27,29). The highest BCUT2D eigenvalue weighted by Crippen LogP contribution is 2.31. The molecule has 3 aromatic rings. The highest BCUT2D eigenvalue weighted by molar-refractivity contribution is 7.89. The molecule has 0 spiro atoms. The summed E-state index contributed by atoms with van der Waals surface area (Å²) in [4.78, 5) is 12.8. The van der Waals surface area contributed by atoms with Gasteiger partial charge in [0, 0.05) is 17.6 Å². The Morgan fingerprint density at radius 2 is 1.65 bits per heavy atom. The van der Waals surface area contributed by atoms with Gasteiger partial charge in [0.05, 0.1) is 36.4 Å². The van der Waals surface area contributed by atoms with E-state index in [2.05, 4.69) is 5.32 Å². The Morgan fingerprint density at radius 3 is 2.32 bits per heavy atom. The second-order valence-corrected chi connectivity index (χ2v) is 10.0. The van der Waals surface area contributed by atoms with Gasteiger partial charge in [-0.15, -0.1) is 0 Å². The van der Waals surface area contributed by atoms with Crippen molar-refractivity contribution in [2.24, 2.45) is 0 Å². The molecule has 1 N–H and O–H groups in total. The van der Waals surface area contributed by atoms with Gasteiger partial charge in [0.2, 0.25) is 15.9 Å². The Morgan fingerprint density at radius 1 is 0.941 bits per heavy atom. The maximum atomic E-state index is 13.5. The van der Waals surface area contributed by atoms with Crippen molar-refractivity contribution in [2.75, 3.05) is 32.6 Å². The molecule has 3 aromatic carbocycles. The molecule has 10 heteroatoms. The maximum absolute atomic E-state index is 13.5. The predicted molar refractivity (Wildman–Crippen MR) is 134 cm³/mol. The Labute approximate surface area is 209 Å². The molecule has 0 aromatic heterocycles. The van der Waals surface area contributed by atoms with Gasteiger partial charge < -0.3 is 14.8 Å². The van der Waals surface area contributed by atoms with Gasteiger partial charge in [0.25, 0.3) is 0 Å². The molecule has 0 fully saturated rings. The first kappa shape index (κ1) is 25.8. The van der Waals surface area contributed by atoms with Crippen LogP contribution in [0.5, 0.6) is 11.5 Å². The number of benzene rings is 3. The molecule has 0 aliphatic rings. The highest BCUT2D eigenvalue weighted by Gasteiger charge is 2.28. The fourth-order valence-corrected chi connectivity index (χ4v) is 5.00. The molecule has 1 amide bonds. The molecule has 7 nitrogen and oxygen atoms in total. The van der Waals surface area contributed by atoms with E-state index in [9.17, 15) is 13.2 Å². The molecule has 0 atom stereocenters. The predicted octanol–water partition coefficient (Wildman–Crippen LogP) is 4.88. The van der Waals surface area contributed by atoms with Crippen molar-refractivity contribution >= 4 is 44.8 Å². The smallest absolute Gasteiger partial charge is 0.243 e. The average Bonchev–Trinajstić information content (AvgIpc) is 2.84. The number of anilines is 1. The van der Waals surface area contributed by atoms with Crippen molar-refractivity contribution in [1.82, 2.24) is 4.31 Å². The largest absolute Gasteiger partial charge is 0.493 e. The molecule has 0 aliphatic heterocycles. The van der Waals surface area contributed by atoms with Gasteiger partial charge in [-0.3, -0.25) is 4.79 Å². The zero-order valence-corrected chi connectivity index (χ0v) is 21.0. The number of nitrogens with one attached hydrogen (secondary N) is 1. The van der Waals surface area contributed by atoms with Crippen LogP contribution in [0.25, 0.3) is 0 Å². The first-order valence-corrected chi connectivity index (χ1v) is 12.4. The lowest BCUT2D eigenvalue weighted by molar-refractivity contribution is -0.116. The fraction of sp³-hybridized carbons (Fsp3) is 0.208. The summed E-state index contributed by atoms with van der Waals surface area (Å²) in [5.41, 5.74) is 1.24. The number of carbonyl (C=O) groups is 1. The molecule has 0 aliphatic carbocycles. The van der Waals surface area contributed by atoms with E-state index in [4.69, 9.17) is 32.7 Å². The second kappa shape index (κ2) is 11.6. The fourth-order valence-electron chi connectivity index (χ4n) is 3.25. The number of carbonyl (C=O) groups excluding carboxylic acids is 1. The van der Waals surface area contributed by atoms with Gasteiger partial charge in [-0.25, -0.2) is 8.42 Å². The highest BCUT2D eigenvalue weighted by atomic mass is 35.5. The Balaban J connectivity index is 1.89. The van der Waals surface area contributed by atoms with Crippen molar-refractivity contribution in [1.29, 1.82) is 0 Å². The van der Waals surface area contributed by atoms with Crippen molar-refractivity contribution < 1.29 is 22.7 Å². The lowest BCUT2D eigenvalue weighted by Crippen LogP contribution is -2.39. The SMILES string of the molecule is COc1ccc(S(=O)(=O)N(CCc2ccccc2)CC(=O)Nc2cc(Cl)ccc2Cl)cc1OC. The van der Waals surface area contributed by atoms with Crippen molar-refractivity contribution in [3.05, 3.63) is 82.3 Å². The van der Waals surface area contributed by atoms with E-state index >= 15 is 0 Å². The zero-order valence-electron chi connectivity index (χ0n) is 18.6. The molecule has 0 saturated heterocycles. The van der Waals surface area contributed by atoms with Crippen LogP contribution in [0.3, 0.4) is 0 Å². The zero-order chi connectivity index (χ0) is 24.7. The van der Waals surface area contributed by atoms with Gasteiger partial charge >= 0.3 is 0 Å². The summed E-state index contributed by atoms with van der Waals surface area (Å²) in [7, 11) is -1.17. The van der Waals surface area contributed by atoms with Gasteiger partial charge in [0.15, 0.2) is 11.5 Å². The van der Waals surface area contributed by atoms with Crippen molar-refractivity contribution in [2.45, 2.75) is 11.3 Å². The first-order valence-electron chi connectivity index (χ1n) is 10.3. The Kier molecular flexibility index (Phi) is 8.79. The molecule has 0 radical (unpaired) electrons. The van der Waals surface area contributed by atoms with E-state index < -0.39 is 22.5 Å². The van der Waals surface area contributed by atoms with Crippen LogP contribution in [-0.2, 0) is 21.2 Å². The molecule has 0 bridgehead atoms. The average molecular weight is 523 g/mol. The van der Waals surface area contributed by atoms with Crippen LogP contribution in [0.15, 0.2) is 71.6 Å². The van der Waals surface area contributed by atoms with E-state index in [1.807, 2.05) is 30.3 Å². The Bertz CT molecular complexity index is 1250. The van der Waals surface area contributed by atoms with E-state index in [0.29, 0.717) is 22.9 Å². The summed E-state index contributed by atoms with van der Waals surface area (Å²) in [5.74, 6) is 0.105. The van der Waals surface area contributed by atoms with E-state index in [1.165, 1.54) is 38.5 Å². The van der Waals surface area contributed by atoms with Gasteiger partial charge in [-0.05, 0) is 42.3 Å². The second-order valence-electron chi connectivity index (χ2n) is 7.26. The molecule has 180 valence electrons. The lowest BCUT2D eigenvalue weighted by atomic mass is 10.1. The molecular weight excluding hydrogens is 499 g/mol. The van der Waals surface area contributed by atoms with Crippen LogP contribution < -0.4 is 14.8 Å². The van der Waals surface area contributed by atoms with Crippen molar-refractivity contribution in [3.63, 3.8) is 0 Å². The summed E-state index contributed by atoms with van der Waals surface area (Å²) in [6.45, 7) is -0.344. The topological polar surface area (TPSA) is 84.9 Å². The number of amides is 1. The number of rotatable bonds is 10. The van der Waals surface area contributed by atoms with Gasteiger partial charge in [0.1, 0.15) is 0 Å². The minimum absolute atomic E-state index is 0.0215. The number of sulfonamides is 1. The number of methoxy groups -OCH3 is 2. The molecule has 0 unspecified atom stereocenters. The summed E-state index contributed by atoms with van der Waals surface area (Å²) < 4.78 is 38.6. The van der Waals surface area contributed by atoms with Gasteiger partial charge in [-0.2, -0.15) is 4.31 Å². The maximum Gasteiger partial charge on any atom is 0.243 e. The van der Waals surface area contributed by atoms with Crippen LogP contribution in [0.2, 0.25) is 10.0 Å². The number of nitrogens with zero attached hydrogens (tertiary/aromatic N) is 1. The van der Waals surface area contributed by atoms with Crippen LogP contribution in [0, 0.1) is 0 Å². The number of ether oxygens (including phenoxy) is 2. The lowest BCUT2D eigenvalue weighted by Gasteiger charge is -2.22. The Hall–Kier alpha value is -2.78. The number of hydrogen-bond acceptors (Lipinski definition) is 5. The monoisotopic (exact) mass is 522 g/mol. The van der Waals surface area contributed by atoms with E-state index in [-0.39, 0.29) is 22.2 Å². The third kappa shape index (κ3) is 6.42. The summed E-state index contributed by atoms with van der Waals surface area (Å²) >= 11 is 12.1. The third-order valence-electron chi connectivity index (χ3n) is 5.01. The van der Waals surface area contributed by atoms with Crippen LogP contribution >= 0.6 is 23.2 Å². The molecular formula is C24H24Cl2N2O5S. The summed E-state index contributed by atoms with van der Waals surface area (Å²) in [6, 6.07) is 18.3. The number of halogens is 2. The van der Waals surface area contributed by atoms with Crippen molar-refractivity contribution in [3.8, 4) is 11.5 Å². The third-order valence-corrected chi connectivity index (χ3v) is 7.41. The molecule has 0 heterocycles.